The topological polar surface area (TPSA) is 12.9 Å². The third-order valence-corrected chi connectivity index (χ3v) is 4.80. The maximum Gasteiger partial charge on any atom is 0.0409 e. The van der Waals surface area contributed by atoms with Crippen molar-refractivity contribution in [3.05, 3.63) is 65.3 Å². The molecule has 1 atom stereocenters. The van der Waals surface area contributed by atoms with E-state index in [0.29, 0.717) is 5.92 Å². The number of fused-ring (bicyclic) bond motifs is 1. The molecule has 1 nitrogen and oxygen atoms in total. The van der Waals surface area contributed by atoms with Crippen molar-refractivity contribution in [1.82, 2.24) is 4.98 Å². The smallest absolute Gasteiger partial charge is 0.0409 e. The lowest BCUT2D eigenvalue weighted by Crippen LogP contribution is -2.01. The van der Waals surface area contributed by atoms with E-state index >= 15 is 0 Å². The summed E-state index contributed by atoms with van der Waals surface area (Å²) < 4.78 is 1.39. The Kier molecular flexibility index (Phi) is 3.60. The highest BCUT2D eigenvalue weighted by atomic mass is 32.1. The SMILES string of the molecule is CCC(Cc1ccccn1)c1cc2ccccc2s1. The number of pyridine rings is 1. The van der Waals surface area contributed by atoms with Gasteiger partial charge >= 0.3 is 0 Å². The van der Waals surface area contributed by atoms with Gasteiger partial charge in [0.05, 0.1) is 0 Å². The highest BCUT2D eigenvalue weighted by Gasteiger charge is 2.14. The molecule has 0 spiro atoms. The molecule has 0 amide bonds. The van der Waals surface area contributed by atoms with Crippen molar-refractivity contribution < 1.29 is 0 Å². The first-order valence-corrected chi connectivity index (χ1v) is 7.57. The molecule has 3 rings (SSSR count). The predicted octanol–water partition coefficient (Wildman–Crippen LogP) is 5.03. The van der Waals surface area contributed by atoms with Crippen LogP contribution in [0.25, 0.3) is 10.1 Å². The molecule has 0 aliphatic rings. The summed E-state index contributed by atoms with van der Waals surface area (Å²) in [6.07, 6.45) is 4.07. The first-order chi connectivity index (χ1) is 9.36. The van der Waals surface area contributed by atoms with Crippen LogP contribution in [0.5, 0.6) is 0 Å². The Bertz CT molecular complexity index is 624. The van der Waals surface area contributed by atoms with E-state index in [1.807, 2.05) is 23.6 Å². The van der Waals surface area contributed by atoms with Gasteiger partial charge in [0, 0.05) is 21.5 Å². The van der Waals surface area contributed by atoms with Crippen LogP contribution in [0.1, 0.15) is 29.8 Å². The van der Waals surface area contributed by atoms with Gasteiger partial charge in [0.25, 0.3) is 0 Å². The number of rotatable bonds is 4. The zero-order chi connectivity index (χ0) is 13.1. The number of hydrogen-bond acceptors (Lipinski definition) is 2. The number of hydrogen-bond donors (Lipinski definition) is 0. The van der Waals surface area contributed by atoms with Gasteiger partial charge in [-0.15, -0.1) is 11.3 Å². The largest absolute Gasteiger partial charge is 0.261 e. The summed E-state index contributed by atoms with van der Waals surface area (Å²) in [6, 6.07) is 17.1. The van der Waals surface area contributed by atoms with E-state index in [0.717, 1.165) is 12.8 Å². The van der Waals surface area contributed by atoms with Gasteiger partial charge in [-0.1, -0.05) is 31.2 Å². The summed E-state index contributed by atoms with van der Waals surface area (Å²) in [7, 11) is 0. The molecule has 0 aliphatic carbocycles. The zero-order valence-corrected chi connectivity index (χ0v) is 11.9. The molecule has 3 aromatic rings. The Labute approximate surface area is 117 Å². The molecule has 0 bridgehead atoms. The molecule has 0 aliphatic heterocycles. The second-order valence-electron chi connectivity index (χ2n) is 4.82. The minimum atomic E-state index is 0.576. The van der Waals surface area contributed by atoms with E-state index in [-0.39, 0.29) is 0 Å². The molecule has 2 heterocycles. The van der Waals surface area contributed by atoms with E-state index in [1.165, 1.54) is 20.7 Å². The van der Waals surface area contributed by atoms with Crippen LogP contribution in [0.3, 0.4) is 0 Å². The van der Waals surface area contributed by atoms with Crippen molar-refractivity contribution >= 4 is 21.4 Å². The van der Waals surface area contributed by atoms with Crippen LogP contribution < -0.4 is 0 Å². The fraction of sp³-hybridized carbons (Fsp3) is 0.235. The van der Waals surface area contributed by atoms with Crippen molar-refractivity contribution in [2.75, 3.05) is 0 Å². The third-order valence-electron chi connectivity index (χ3n) is 3.52. The van der Waals surface area contributed by atoms with Crippen LogP contribution in [0.15, 0.2) is 54.7 Å². The molecule has 1 aromatic carbocycles. The Morgan fingerprint density at radius 3 is 2.68 bits per heavy atom. The molecule has 2 aromatic heterocycles. The molecule has 96 valence electrons. The first-order valence-electron chi connectivity index (χ1n) is 6.75. The molecule has 0 fully saturated rings. The van der Waals surface area contributed by atoms with Crippen molar-refractivity contribution in [2.24, 2.45) is 0 Å². The number of thiophene rings is 1. The highest BCUT2D eigenvalue weighted by Crippen LogP contribution is 2.34. The zero-order valence-electron chi connectivity index (χ0n) is 11.0. The van der Waals surface area contributed by atoms with Crippen LogP contribution in [0.4, 0.5) is 0 Å². The molecular formula is C17H17NS. The minimum Gasteiger partial charge on any atom is -0.261 e. The number of nitrogens with zero attached hydrogens (tertiary/aromatic N) is 1. The fourth-order valence-electron chi connectivity index (χ4n) is 2.42. The number of aromatic nitrogens is 1. The third kappa shape index (κ3) is 2.69. The van der Waals surface area contributed by atoms with Gasteiger partial charge in [-0.25, -0.2) is 0 Å². The molecule has 0 saturated carbocycles. The summed E-state index contributed by atoms with van der Waals surface area (Å²) in [5.41, 5.74) is 1.19. The van der Waals surface area contributed by atoms with Gasteiger partial charge < -0.3 is 0 Å². The quantitative estimate of drug-likeness (QED) is 0.646. The second kappa shape index (κ2) is 5.54. The van der Waals surface area contributed by atoms with E-state index in [9.17, 15) is 0 Å². The van der Waals surface area contributed by atoms with Gasteiger partial charge in [-0.3, -0.25) is 4.98 Å². The van der Waals surface area contributed by atoms with Crippen LogP contribution in [-0.2, 0) is 6.42 Å². The van der Waals surface area contributed by atoms with Crippen molar-refractivity contribution in [2.45, 2.75) is 25.7 Å². The summed E-state index contributed by atoms with van der Waals surface area (Å²) in [5, 5.41) is 1.36. The van der Waals surface area contributed by atoms with E-state index in [2.05, 4.69) is 54.4 Å². The molecule has 0 radical (unpaired) electrons. The second-order valence-corrected chi connectivity index (χ2v) is 5.93. The van der Waals surface area contributed by atoms with Crippen molar-refractivity contribution in [3.8, 4) is 0 Å². The van der Waals surface area contributed by atoms with E-state index in [4.69, 9.17) is 0 Å². The van der Waals surface area contributed by atoms with Gasteiger partial charge in [0.15, 0.2) is 0 Å². The lowest BCUT2D eigenvalue weighted by atomic mass is 9.98. The highest BCUT2D eigenvalue weighted by molar-refractivity contribution is 7.19. The average molecular weight is 267 g/mol. The van der Waals surface area contributed by atoms with Crippen molar-refractivity contribution in [3.63, 3.8) is 0 Å². The standard InChI is InChI=1S/C17H17NS/c1-2-13(11-15-8-5-6-10-18-15)17-12-14-7-3-4-9-16(14)19-17/h3-10,12-13H,2,11H2,1H3. The molecule has 2 heteroatoms. The monoisotopic (exact) mass is 267 g/mol. The van der Waals surface area contributed by atoms with E-state index in [1.54, 1.807) is 0 Å². The summed E-state index contributed by atoms with van der Waals surface area (Å²) in [4.78, 5) is 5.93. The Morgan fingerprint density at radius 2 is 1.95 bits per heavy atom. The molecule has 1 unspecified atom stereocenters. The lowest BCUT2D eigenvalue weighted by Gasteiger charge is -2.12. The van der Waals surface area contributed by atoms with E-state index < -0.39 is 0 Å². The van der Waals surface area contributed by atoms with Crippen LogP contribution >= 0.6 is 11.3 Å². The molecule has 0 N–H and O–H groups in total. The van der Waals surface area contributed by atoms with Gasteiger partial charge in [-0.05, 0) is 48.4 Å². The lowest BCUT2D eigenvalue weighted by molar-refractivity contribution is 0.661. The predicted molar refractivity (Wildman–Crippen MR) is 82.8 cm³/mol. The normalized spacial score (nSPS) is 12.7. The maximum atomic E-state index is 4.45. The average Bonchev–Trinajstić information content (AvgIpc) is 2.89. The number of benzene rings is 1. The van der Waals surface area contributed by atoms with Crippen LogP contribution in [0, 0.1) is 0 Å². The summed E-state index contributed by atoms with van der Waals surface area (Å²) >= 11 is 1.92. The fourth-order valence-corrected chi connectivity index (χ4v) is 3.67. The minimum absolute atomic E-state index is 0.576. The molecule has 0 saturated heterocycles. The van der Waals surface area contributed by atoms with Crippen LogP contribution in [-0.4, -0.2) is 4.98 Å². The van der Waals surface area contributed by atoms with Crippen molar-refractivity contribution in [1.29, 1.82) is 0 Å². The van der Waals surface area contributed by atoms with Gasteiger partial charge in [-0.2, -0.15) is 0 Å². The molecular weight excluding hydrogens is 250 g/mol. The summed E-state index contributed by atoms with van der Waals surface area (Å²) in [5.74, 6) is 0.576. The summed E-state index contributed by atoms with van der Waals surface area (Å²) in [6.45, 7) is 2.26. The van der Waals surface area contributed by atoms with Gasteiger partial charge in [0.2, 0.25) is 0 Å². The Balaban J connectivity index is 1.89. The molecule has 19 heavy (non-hydrogen) atoms. The Morgan fingerprint density at radius 1 is 1.11 bits per heavy atom. The Hall–Kier alpha value is -1.67. The first kappa shape index (κ1) is 12.4. The van der Waals surface area contributed by atoms with Gasteiger partial charge in [0.1, 0.15) is 0 Å². The van der Waals surface area contributed by atoms with Crippen LogP contribution in [0.2, 0.25) is 0 Å². The maximum absolute atomic E-state index is 4.45.